The van der Waals surface area contributed by atoms with E-state index >= 15 is 0 Å². The maximum Gasteiger partial charge on any atom is 0.0716 e. The van der Waals surface area contributed by atoms with Crippen LogP contribution in [0.2, 0.25) is 0 Å². The number of para-hydroxylation sites is 1. The van der Waals surface area contributed by atoms with E-state index in [-0.39, 0.29) is 0 Å². The summed E-state index contributed by atoms with van der Waals surface area (Å²) in [5.74, 6) is 0. The van der Waals surface area contributed by atoms with Gasteiger partial charge in [0.15, 0.2) is 0 Å². The second-order valence-electron chi connectivity index (χ2n) is 9.61. The van der Waals surface area contributed by atoms with Gasteiger partial charge in [-0.1, -0.05) is 78.9 Å². The van der Waals surface area contributed by atoms with Crippen molar-refractivity contribution < 1.29 is 0 Å². The zero-order valence-electron chi connectivity index (χ0n) is 20.5. The van der Waals surface area contributed by atoms with E-state index in [1.165, 1.54) is 64.4 Å². The number of benzene rings is 5. The maximum absolute atomic E-state index is 4.79. The highest BCUT2D eigenvalue weighted by atomic mass is 32.1. The fourth-order valence-corrected chi connectivity index (χ4v) is 6.98. The van der Waals surface area contributed by atoms with Crippen LogP contribution in [-0.4, -0.2) is 9.55 Å². The van der Waals surface area contributed by atoms with E-state index in [0.717, 1.165) is 5.69 Å². The second kappa shape index (κ2) is 8.41. The van der Waals surface area contributed by atoms with Crippen molar-refractivity contribution in [3.8, 4) is 28.1 Å². The van der Waals surface area contributed by atoms with Crippen molar-refractivity contribution >= 4 is 53.3 Å². The SMILES string of the molecule is c1ccc(-c2ccc3c(c2)c2cc(-c4ccccn4)c4sc5ccccc5c4c2n3-c2ccccc2)cc1. The van der Waals surface area contributed by atoms with Crippen LogP contribution in [0, 0.1) is 0 Å². The molecule has 8 aromatic rings. The average Bonchev–Trinajstić information content (AvgIpc) is 3.53. The number of hydrogen-bond donors (Lipinski definition) is 0. The predicted molar refractivity (Wildman–Crippen MR) is 162 cm³/mol. The molecule has 3 heterocycles. The molecule has 0 spiro atoms. The molecule has 0 unspecified atom stereocenters. The number of rotatable bonds is 3. The summed E-state index contributed by atoms with van der Waals surface area (Å²) in [6.07, 6.45) is 1.89. The number of fused-ring (bicyclic) bond motifs is 7. The Labute approximate surface area is 224 Å². The van der Waals surface area contributed by atoms with Gasteiger partial charge < -0.3 is 4.57 Å². The average molecular weight is 503 g/mol. The number of nitrogens with zero attached hydrogens (tertiary/aromatic N) is 2. The third-order valence-electron chi connectivity index (χ3n) is 7.43. The van der Waals surface area contributed by atoms with E-state index < -0.39 is 0 Å². The smallest absolute Gasteiger partial charge is 0.0716 e. The maximum atomic E-state index is 4.79. The van der Waals surface area contributed by atoms with Crippen molar-refractivity contribution in [1.29, 1.82) is 0 Å². The predicted octanol–water partition coefficient (Wildman–Crippen LogP) is 9.88. The lowest BCUT2D eigenvalue weighted by Crippen LogP contribution is -1.94. The Morgan fingerprint density at radius 3 is 2.16 bits per heavy atom. The highest BCUT2D eigenvalue weighted by Crippen LogP contribution is 2.47. The molecule has 0 saturated heterocycles. The molecule has 3 aromatic heterocycles. The Hall–Kier alpha value is -4.73. The molecule has 3 heteroatoms. The lowest BCUT2D eigenvalue weighted by atomic mass is 9.99. The van der Waals surface area contributed by atoms with Crippen LogP contribution in [0.3, 0.4) is 0 Å². The first kappa shape index (κ1) is 21.4. The van der Waals surface area contributed by atoms with Crippen LogP contribution in [0.25, 0.3) is 70.0 Å². The van der Waals surface area contributed by atoms with Gasteiger partial charge in [-0.25, -0.2) is 0 Å². The fourth-order valence-electron chi connectivity index (χ4n) is 5.76. The molecule has 2 nitrogen and oxygen atoms in total. The standard InChI is InChI=1S/C35H22N2S/c1-3-11-23(12-4-1)24-18-19-31-27(21-24)28-22-29(30-16-9-10-20-36-30)35-33(26-15-7-8-17-32(26)38-35)34(28)37(31)25-13-5-2-6-14-25/h1-22H. The topological polar surface area (TPSA) is 17.8 Å². The summed E-state index contributed by atoms with van der Waals surface area (Å²) in [6, 6.07) is 45.6. The molecule has 38 heavy (non-hydrogen) atoms. The van der Waals surface area contributed by atoms with Crippen molar-refractivity contribution in [2.45, 2.75) is 0 Å². The highest BCUT2D eigenvalue weighted by molar-refractivity contribution is 7.26. The lowest BCUT2D eigenvalue weighted by Gasteiger charge is -2.10. The van der Waals surface area contributed by atoms with Gasteiger partial charge in [0.1, 0.15) is 0 Å². The molecular weight excluding hydrogens is 480 g/mol. The monoisotopic (exact) mass is 502 g/mol. The second-order valence-corrected chi connectivity index (χ2v) is 10.7. The van der Waals surface area contributed by atoms with Crippen LogP contribution < -0.4 is 0 Å². The molecule has 0 saturated carbocycles. The molecule has 8 rings (SSSR count). The van der Waals surface area contributed by atoms with Crippen molar-refractivity contribution in [3.63, 3.8) is 0 Å². The minimum absolute atomic E-state index is 1.01. The van der Waals surface area contributed by atoms with Crippen molar-refractivity contribution in [2.24, 2.45) is 0 Å². The Kier molecular flexibility index (Phi) is 4.73. The summed E-state index contributed by atoms with van der Waals surface area (Å²) in [5.41, 5.74) is 8.27. The Balaban J connectivity index is 1.61. The van der Waals surface area contributed by atoms with Gasteiger partial charge in [0, 0.05) is 48.4 Å². The van der Waals surface area contributed by atoms with Crippen LogP contribution in [0.5, 0.6) is 0 Å². The van der Waals surface area contributed by atoms with Gasteiger partial charge in [0.05, 0.1) is 16.7 Å². The first-order valence-electron chi connectivity index (χ1n) is 12.8. The van der Waals surface area contributed by atoms with Gasteiger partial charge in [-0.15, -0.1) is 11.3 Å². The Bertz CT molecular complexity index is 2100. The number of hydrogen-bond acceptors (Lipinski definition) is 2. The zero-order valence-corrected chi connectivity index (χ0v) is 21.3. The van der Waals surface area contributed by atoms with Crippen LogP contribution in [0.15, 0.2) is 134 Å². The zero-order chi connectivity index (χ0) is 25.1. The molecular formula is C35H22N2S. The van der Waals surface area contributed by atoms with E-state index in [2.05, 4.69) is 126 Å². The molecule has 0 atom stereocenters. The van der Waals surface area contributed by atoms with Gasteiger partial charge in [-0.3, -0.25) is 4.98 Å². The van der Waals surface area contributed by atoms with E-state index in [9.17, 15) is 0 Å². The summed E-state index contributed by atoms with van der Waals surface area (Å²) in [7, 11) is 0. The van der Waals surface area contributed by atoms with Crippen molar-refractivity contribution in [1.82, 2.24) is 9.55 Å². The summed E-state index contributed by atoms with van der Waals surface area (Å²) < 4.78 is 5.02. The first-order valence-corrected chi connectivity index (χ1v) is 13.6. The van der Waals surface area contributed by atoms with Gasteiger partial charge in [-0.2, -0.15) is 0 Å². The number of pyridine rings is 1. The molecule has 0 fully saturated rings. The molecule has 0 bridgehead atoms. The van der Waals surface area contributed by atoms with Crippen molar-refractivity contribution in [3.05, 3.63) is 134 Å². The number of thiophene rings is 1. The molecule has 178 valence electrons. The third kappa shape index (κ3) is 3.16. The minimum atomic E-state index is 1.01. The van der Waals surface area contributed by atoms with Crippen LogP contribution in [0.4, 0.5) is 0 Å². The minimum Gasteiger partial charge on any atom is -0.309 e. The van der Waals surface area contributed by atoms with E-state index in [1.54, 1.807) is 0 Å². The summed E-state index contributed by atoms with van der Waals surface area (Å²) in [4.78, 5) is 4.79. The third-order valence-corrected chi connectivity index (χ3v) is 8.64. The van der Waals surface area contributed by atoms with E-state index in [0.29, 0.717) is 0 Å². The van der Waals surface area contributed by atoms with Gasteiger partial charge in [-0.05, 0) is 59.7 Å². The van der Waals surface area contributed by atoms with E-state index in [1.807, 2.05) is 23.6 Å². The molecule has 0 aliphatic rings. The van der Waals surface area contributed by atoms with Crippen LogP contribution >= 0.6 is 11.3 Å². The summed E-state index contributed by atoms with van der Waals surface area (Å²) in [5, 5.41) is 5.08. The van der Waals surface area contributed by atoms with Crippen LogP contribution in [-0.2, 0) is 0 Å². The molecule has 0 radical (unpaired) electrons. The highest BCUT2D eigenvalue weighted by Gasteiger charge is 2.22. The van der Waals surface area contributed by atoms with Gasteiger partial charge in [0.25, 0.3) is 0 Å². The molecule has 0 aliphatic carbocycles. The van der Waals surface area contributed by atoms with Gasteiger partial charge in [0.2, 0.25) is 0 Å². The van der Waals surface area contributed by atoms with Gasteiger partial charge >= 0.3 is 0 Å². The summed E-state index contributed by atoms with van der Waals surface area (Å²) in [6.45, 7) is 0. The lowest BCUT2D eigenvalue weighted by molar-refractivity contribution is 1.19. The largest absolute Gasteiger partial charge is 0.309 e. The first-order chi connectivity index (χ1) is 18.9. The quantitative estimate of drug-likeness (QED) is 0.235. The normalized spacial score (nSPS) is 11.7. The Morgan fingerprint density at radius 1 is 0.579 bits per heavy atom. The Morgan fingerprint density at radius 2 is 1.34 bits per heavy atom. The summed E-state index contributed by atoms with van der Waals surface area (Å²) >= 11 is 1.86. The molecule has 0 N–H and O–H groups in total. The molecule has 0 amide bonds. The fraction of sp³-hybridized carbons (Fsp3) is 0. The van der Waals surface area contributed by atoms with E-state index in [4.69, 9.17) is 4.98 Å². The number of aromatic nitrogens is 2. The molecule has 5 aromatic carbocycles. The van der Waals surface area contributed by atoms with Crippen molar-refractivity contribution in [2.75, 3.05) is 0 Å². The van der Waals surface area contributed by atoms with Crippen LogP contribution in [0.1, 0.15) is 0 Å². The molecule has 0 aliphatic heterocycles.